The highest BCUT2D eigenvalue weighted by Crippen LogP contribution is 2.51. The van der Waals surface area contributed by atoms with Crippen LogP contribution in [-0.4, -0.2) is 0 Å². The van der Waals surface area contributed by atoms with Crippen LogP contribution in [0.25, 0.3) is 0 Å². The monoisotopic (exact) mass is 182 g/mol. The maximum absolute atomic E-state index is 2.48. The molecule has 13 heavy (non-hydrogen) atoms. The van der Waals surface area contributed by atoms with E-state index < -0.39 is 0 Å². The van der Waals surface area contributed by atoms with Crippen molar-refractivity contribution < 1.29 is 0 Å². The van der Waals surface area contributed by atoms with Crippen LogP contribution in [0, 0.1) is 23.2 Å². The summed E-state index contributed by atoms with van der Waals surface area (Å²) in [4.78, 5) is 0. The van der Waals surface area contributed by atoms with Crippen molar-refractivity contribution in [1.82, 2.24) is 0 Å². The predicted octanol–water partition coefficient (Wildman–Crippen LogP) is 4.49. The Morgan fingerprint density at radius 1 is 1.23 bits per heavy atom. The molecule has 1 aliphatic carbocycles. The Kier molecular flexibility index (Phi) is 3.43. The maximum Gasteiger partial charge on any atom is -0.0318 e. The average Bonchev–Trinajstić information content (AvgIpc) is 1.99. The highest BCUT2D eigenvalue weighted by atomic mass is 14.4. The van der Waals surface area contributed by atoms with Crippen molar-refractivity contribution in [3.05, 3.63) is 0 Å². The molecule has 1 saturated carbocycles. The van der Waals surface area contributed by atoms with Crippen molar-refractivity contribution >= 4 is 0 Å². The lowest BCUT2D eigenvalue weighted by atomic mass is 9.58. The molecule has 1 unspecified atom stereocenters. The third kappa shape index (κ3) is 2.72. The van der Waals surface area contributed by atoms with Gasteiger partial charge in [-0.1, -0.05) is 41.0 Å². The van der Waals surface area contributed by atoms with Crippen LogP contribution in [0.3, 0.4) is 0 Å². The van der Waals surface area contributed by atoms with Crippen molar-refractivity contribution in [2.45, 2.75) is 60.3 Å². The Bertz CT molecular complexity index is 151. The molecule has 0 heterocycles. The molecule has 0 aliphatic heterocycles. The molecule has 1 aliphatic rings. The van der Waals surface area contributed by atoms with Gasteiger partial charge in [0, 0.05) is 0 Å². The fourth-order valence-corrected chi connectivity index (χ4v) is 2.80. The van der Waals surface area contributed by atoms with Gasteiger partial charge in [0.05, 0.1) is 0 Å². The molecule has 0 aromatic carbocycles. The lowest BCUT2D eigenvalue weighted by Gasteiger charge is -2.47. The Morgan fingerprint density at radius 3 is 2.15 bits per heavy atom. The first kappa shape index (κ1) is 11.1. The van der Waals surface area contributed by atoms with Gasteiger partial charge in [-0.15, -0.1) is 0 Å². The molecular formula is C13H26. The molecule has 1 fully saturated rings. The van der Waals surface area contributed by atoms with Gasteiger partial charge in [0.25, 0.3) is 0 Å². The highest BCUT2D eigenvalue weighted by molar-refractivity contribution is 4.90. The second-order valence-electron chi connectivity index (χ2n) is 5.92. The summed E-state index contributed by atoms with van der Waals surface area (Å²) in [5, 5.41) is 0. The van der Waals surface area contributed by atoms with Gasteiger partial charge in [0.15, 0.2) is 0 Å². The zero-order valence-corrected chi connectivity index (χ0v) is 10.1. The van der Waals surface area contributed by atoms with Crippen LogP contribution in [0.4, 0.5) is 0 Å². The SMILES string of the molecule is CCC1CC(C)(CC(C)C(C)C)C1. The van der Waals surface area contributed by atoms with E-state index in [4.69, 9.17) is 0 Å². The number of hydrogen-bond acceptors (Lipinski definition) is 0. The van der Waals surface area contributed by atoms with E-state index in [-0.39, 0.29) is 0 Å². The van der Waals surface area contributed by atoms with Gasteiger partial charge >= 0.3 is 0 Å². The fourth-order valence-electron chi connectivity index (χ4n) is 2.80. The molecule has 0 radical (unpaired) electrons. The molecule has 0 aromatic heterocycles. The first-order valence-electron chi connectivity index (χ1n) is 5.97. The third-order valence-electron chi connectivity index (χ3n) is 4.09. The van der Waals surface area contributed by atoms with E-state index in [2.05, 4.69) is 34.6 Å². The maximum atomic E-state index is 2.48. The van der Waals surface area contributed by atoms with E-state index in [1.165, 1.54) is 25.7 Å². The normalized spacial score (nSPS) is 36.0. The van der Waals surface area contributed by atoms with Crippen molar-refractivity contribution in [3.63, 3.8) is 0 Å². The summed E-state index contributed by atoms with van der Waals surface area (Å²) in [6.45, 7) is 11.9. The second kappa shape index (κ2) is 4.02. The van der Waals surface area contributed by atoms with E-state index in [0.29, 0.717) is 5.41 Å². The Hall–Kier alpha value is 0. The molecule has 0 bridgehead atoms. The first-order chi connectivity index (χ1) is 5.97. The van der Waals surface area contributed by atoms with Crippen molar-refractivity contribution in [1.29, 1.82) is 0 Å². The summed E-state index contributed by atoms with van der Waals surface area (Å²) in [5.74, 6) is 2.81. The number of rotatable bonds is 4. The van der Waals surface area contributed by atoms with Crippen LogP contribution in [0.2, 0.25) is 0 Å². The van der Waals surface area contributed by atoms with Gasteiger partial charge in [0.1, 0.15) is 0 Å². The number of hydrogen-bond donors (Lipinski definition) is 0. The first-order valence-corrected chi connectivity index (χ1v) is 5.97. The standard InChI is InChI=1S/C13H26/c1-6-12-8-13(5,9-12)7-11(4)10(2)3/h10-12H,6-9H2,1-5H3. The zero-order valence-electron chi connectivity index (χ0n) is 10.1. The van der Waals surface area contributed by atoms with Crippen LogP contribution in [0.5, 0.6) is 0 Å². The predicted molar refractivity (Wildman–Crippen MR) is 59.7 cm³/mol. The van der Waals surface area contributed by atoms with Crippen LogP contribution >= 0.6 is 0 Å². The molecule has 0 nitrogen and oxygen atoms in total. The van der Waals surface area contributed by atoms with Gasteiger partial charge < -0.3 is 0 Å². The minimum Gasteiger partial charge on any atom is -0.0651 e. The summed E-state index contributed by atoms with van der Waals surface area (Å²) < 4.78 is 0. The molecule has 0 N–H and O–H groups in total. The Balaban J connectivity index is 2.30. The largest absolute Gasteiger partial charge is 0.0651 e. The smallest absolute Gasteiger partial charge is 0.0318 e. The highest BCUT2D eigenvalue weighted by Gasteiger charge is 2.39. The van der Waals surface area contributed by atoms with Crippen LogP contribution < -0.4 is 0 Å². The second-order valence-corrected chi connectivity index (χ2v) is 5.92. The van der Waals surface area contributed by atoms with Crippen molar-refractivity contribution in [3.8, 4) is 0 Å². The van der Waals surface area contributed by atoms with Gasteiger partial charge in [-0.2, -0.15) is 0 Å². The summed E-state index contributed by atoms with van der Waals surface area (Å²) in [6, 6.07) is 0. The van der Waals surface area contributed by atoms with Gasteiger partial charge in [0.2, 0.25) is 0 Å². The molecule has 0 spiro atoms. The molecule has 0 saturated heterocycles. The fraction of sp³-hybridized carbons (Fsp3) is 1.00. The summed E-state index contributed by atoms with van der Waals surface area (Å²) in [7, 11) is 0. The van der Waals surface area contributed by atoms with Crippen molar-refractivity contribution in [2.75, 3.05) is 0 Å². The van der Waals surface area contributed by atoms with E-state index in [1.54, 1.807) is 0 Å². The molecule has 0 amide bonds. The zero-order chi connectivity index (χ0) is 10.1. The minimum atomic E-state index is 0.699. The molecule has 1 atom stereocenters. The average molecular weight is 182 g/mol. The van der Waals surface area contributed by atoms with Crippen LogP contribution in [0.15, 0.2) is 0 Å². The minimum absolute atomic E-state index is 0.699. The van der Waals surface area contributed by atoms with E-state index in [0.717, 1.165) is 17.8 Å². The molecule has 0 heteroatoms. The summed E-state index contributed by atoms with van der Waals surface area (Å²) in [6.07, 6.45) is 5.81. The van der Waals surface area contributed by atoms with Crippen molar-refractivity contribution in [2.24, 2.45) is 23.2 Å². The summed E-state index contributed by atoms with van der Waals surface area (Å²) in [5.41, 5.74) is 0.699. The van der Waals surface area contributed by atoms with Gasteiger partial charge in [-0.25, -0.2) is 0 Å². The lowest BCUT2D eigenvalue weighted by molar-refractivity contribution is 0.0395. The van der Waals surface area contributed by atoms with Gasteiger partial charge in [-0.3, -0.25) is 0 Å². The van der Waals surface area contributed by atoms with E-state index >= 15 is 0 Å². The molecule has 1 rings (SSSR count). The van der Waals surface area contributed by atoms with Crippen LogP contribution in [0.1, 0.15) is 60.3 Å². The lowest BCUT2D eigenvalue weighted by Crippen LogP contribution is -2.36. The summed E-state index contributed by atoms with van der Waals surface area (Å²) >= 11 is 0. The molecule has 78 valence electrons. The topological polar surface area (TPSA) is 0 Å². The van der Waals surface area contributed by atoms with E-state index in [1.807, 2.05) is 0 Å². The molecule has 0 aromatic rings. The van der Waals surface area contributed by atoms with Crippen LogP contribution in [-0.2, 0) is 0 Å². The molecular weight excluding hydrogens is 156 g/mol. The Morgan fingerprint density at radius 2 is 1.77 bits per heavy atom. The Labute approximate surface area is 84.1 Å². The van der Waals surface area contributed by atoms with E-state index in [9.17, 15) is 0 Å². The quantitative estimate of drug-likeness (QED) is 0.600. The van der Waals surface area contributed by atoms with Gasteiger partial charge in [-0.05, 0) is 42.4 Å². The third-order valence-corrected chi connectivity index (χ3v) is 4.09.